The first-order valence-electron chi connectivity index (χ1n) is 4.46. The maximum absolute atomic E-state index is 5.55. The highest BCUT2D eigenvalue weighted by molar-refractivity contribution is 5.42. The van der Waals surface area contributed by atoms with Crippen LogP contribution in [-0.2, 0) is 0 Å². The third kappa shape index (κ3) is 2.35. The third-order valence-corrected chi connectivity index (χ3v) is 1.95. The van der Waals surface area contributed by atoms with Crippen LogP contribution in [0, 0.1) is 20.8 Å². The fourth-order valence-corrected chi connectivity index (χ4v) is 1.54. The number of rotatable bonds is 3. The van der Waals surface area contributed by atoms with E-state index in [1.54, 1.807) is 6.08 Å². The Labute approximate surface area is 80.0 Å². The minimum atomic E-state index is 0.574. The maximum atomic E-state index is 5.55. The quantitative estimate of drug-likeness (QED) is 0.643. The van der Waals surface area contributed by atoms with Gasteiger partial charge in [-0.2, -0.15) is 0 Å². The van der Waals surface area contributed by atoms with Crippen molar-refractivity contribution < 1.29 is 4.74 Å². The normalized spacial score (nSPS) is 9.77. The van der Waals surface area contributed by atoms with Gasteiger partial charge in [0, 0.05) is 0 Å². The molecule has 0 aromatic heterocycles. The summed E-state index contributed by atoms with van der Waals surface area (Å²) in [6, 6.07) is 4.26. The lowest BCUT2D eigenvalue weighted by Gasteiger charge is -2.11. The first-order chi connectivity index (χ1) is 6.15. The highest BCUT2D eigenvalue weighted by Crippen LogP contribution is 2.24. The van der Waals surface area contributed by atoms with Gasteiger partial charge in [0.2, 0.25) is 0 Å². The zero-order valence-electron chi connectivity index (χ0n) is 8.55. The smallest absolute Gasteiger partial charge is 0.125 e. The molecule has 0 spiro atoms. The van der Waals surface area contributed by atoms with Crippen molar-refractivity contribution in [3.63, 3.8) is 0 Å². The van der Waals surface area contributed by atoms with E-state index in [4.69, 9.17) is 4.74 Å². The molecule has 0 heterocycles. The van der Waals surface area contributed by atoms with E-state index in [-0.39, 0.29) is 0 Å². The first-order valence-corrected chi connectivity index (χ1v) is 4.46. The fraction of sp³-hybridized carbons (Fsp3) is 0.333. The lowest BCUT2D eigenvalue weighted by Crippen LogP contribution is -1.97. The Morgan fingerprint density at radius 2 is 1.77 bits per heavy atom. The van der Waals surface area contributed by atoms with Crippen molar-refractivity contribution >= 4 is 0 Å². The molecule has 1 nitrogen and oxygen atoms in total. The third-order valence-electron chi connectivity index (χ3n) is 1.95. The van der Waals surface area contributed by atoms with Gasteiger partial charge in [-0.15, -0.1) is 0 Å². The zero-order valence-corrected chi connectivity index (χ0v) is 8.55. The monoisotopic (exact) mass is 176 g/mol. The number of hydrogen-bond donors (Lipinski definition) is 0. The van der Waals surface area contributed by atoms with Gasteiger partial charge < -0.3 is 4.74 Å². The van der Waals surface area contributed by atoms with Crippen molar-refractivity contribution in [1.82, 2.24) is 0 Å². The van der Waals surface area contributed by atoms with Crippen LogP contribution in [0.1, 0.15) is 16.7 Å². The van der Waals surface area contributed by atoms with Gasteiger partial charge in [0.15, 0.2) is 0 Å². The Kier molecular flexibility index (Phi) is 3.13. The molecule has 1 aromatic rings. The minimum absolute atomic E-state index is 0.574. The fourth-order valence-electron chi connectivity index (χ4n) is 1.54. The summed E-state index contributed by atoms with van der Waals surface area (Å²) in [4.78, 5) is 0. The topological polar surface area (TPSA) is 9.23 Å². The van der Waals surface area contributed by atoms with Crippen LogP contribution in [-0.4, -0.2) is 6.61 Å². The molecule has 0 amide bonds. The predicted octanol–water partition coefficient (Wildman–Crippen LogP) is 3.18. The van der Waals surface area contributed by atoms with E-state index in [1.165, 1.54) is 16.7 Å². The van der Waals surface area contributed by atoms with E-state index < -0.39 is 0 Å². The van der Waals surface area contributed by atoms with Crippen LogP contribution in [0.5, 0.6) is 5.75 Å². The average Bonchev–Trinajstić information content (AvgIpc) is 2.02. The highest BCUT2D eigenvalue weighted by Gasteiger charge is 2.03. The van der Waals surface area contributed by atoms with Crippen molar-refractivity contribution in [3.8, 4) is 5.75 Å². The molecule has 0 atom stereocenters. The second-order valence-electron chi connectivity index (χ2n) is 3.33. The van der Waals surface area contributed by atoms with Crippen LogP contribution < -0.4 is 4.74 Å². The van der Waals surface area contributed by atoms with Gasteiger partial charge in [-0.25, -0.2) is 0 Å². The summed E-state index contributed by atoms with van der Waals surface area (Å²) in [6.45, 7) is 10.4. The number of aryl methyl sites for hydroxylation is 3. The molecular formula is C12H16O. The lowest BCUT2D eigenvalue weighted by molar-refractivity contribution is 0.358. The lowest BCUT2D eigenvalue weighted by atomic mass is 10.1. The summed E-state index contributed by atoms with van der Waals surface area (Å²) in [7, 11) is 0. The van der Waals surface area contributed by atoms with Crippen LogP contribution in [0.4, 0.5) is 0 Å². The van der Waals surface area contributed by atoms with Crippen LogP contribution in [0.25, 0.3) is 0 Å². The standard InChI is InChI=1S/C12H16O/c1-5-6-13-12-10(3)7-9(2)8-11(12)4/h5,7-8H,1,6H2,2-4H3. The van der Waals surface area contributed by atoms with E-state index in [0.717, 1.165) is 5.75 Å². The first kappa shape index (κ1) is 9.85. The molecule has 0 aliphatic rings. The van der Waals surface area contributed by atoms with Crippen molar-refractivity contribution in [2.75, 3.05) is 6.61 Å². The Bertz CT molecular complexity index is 290. The van der Waals surface area contributed by atoms with Gasteiger partial charge in [0.25, 0.3) is 0 Å². The molecule has 1 aromatic carbocycles. The number of benzene rings is 1. The molecule has 0 bridgehead atoms. The second kappa shape index (κ2) is 4.13. The van der Waals surface area contributed by atoms with E-state index >= 15 is 0 Å². The van der Waals surface area contributed by atoms with Gasteiger partial charge in [-0.1, -0.05) is 30.4 Å². The van der Waals surface area contributed by atoms with Crippen molar-refractivity contribution in [2.24, 2.45) is 0 Å². The average molecular weight is 176 g/mol. The van der Waals surface area contributed by atoms with Crippen LogP contribution in [0.3, 0.4) is 0 Å². The molecular weight excluding hydrogens is 160 g/mol. The molecule has 1 heteroatoms. The molecule has 0 fully saturated rings. The van der Waals surface area contributed by atoms with E-state index in [2.05, 4.69) is 39.5 Å². The number of hydrogen-bond acceptors (Lipinski definition) is 1. The van der Waals surface area contributed by atoms with Crippen LogP contribution >= 0.6 is 0 Å². The van der Waals surface area contributed by atoms with Gasteiger partial charge >= 0.3 is 0 Å². The van der Waals surface area contributed by atoms with Gasteiger partial charge in [0.05, 0.1) is 0 Å². The SMILES string of the molecule is C=CCOc1c(C)cc(C)cc1C. The van der Waals surface area contributed by atoms with Crippen molar-refractivity contribution in [1.29, 1.82) is 0 Å². The molecule has 0 radical (unpaired) electrons. The molecule has 0 aliphatic carbocycles. The molecule has 0 saturated carbocycles. The van der Waals surface area contributed by atoms with Crippen molar-refractivity contribution in [2.45, 2.75) is 20.8 Å². The zero-order chi connectivity index (χ0) is 9.84. The summed E-state index contributed by atoms with van der Waals surface area (Å²) < 4.78 is 5.55. The Balaban J connectivity index is 2.98. The summed E-state index contributed by atoms with van der Waals surface area (Å²) >= 11 is 0. The molecule has 0 N–H and O–H groups in total. The van der Waals surface area contributed by atoms with E-state index in [0.29, 0.717) is 6.61 Å². The molecule has 70 valence electrons. The maximum Gasteiger partial charge on any atom is 0.125 e. The van der Waals surface area contributed by atoms with Crippen molar-refractivity contribution in [3.05, 3.63) is 41.5 Å². The Hall–Kier alpha value is -1.24. The second-order valence-corrected chi connectivity index (χ2v) is 3.33. The van der Waals surface area contributed by atoms with E-state index in [9.17, 15) is 0 Å². The van der Waals surface area contributed by atoms with E-state index in [1.807, 2.05) is 0 Å². The van der Waals surface area contributed by atoms with Gasteiger partial charge in [-0.05, 0) is 31.9 Å². The molecule has 0 aliphatic heterocycles. The molecule has 0 saturated heterocycles. The molecule has 1 rings (SSSR count). The number of ether oxygens (including phenoxy) is 1. The van der Waals surface area contributed by atoms with Gasteiger partial charge in [-0.3, -0.25) is 0 Å². The van der Waals surface area contributed by atoms with Gasteiger partial charge in [0.1, 0.15) is 12.4 Å². The Morgan fingerprint density at radius 3 is 2.23 bits per heavy atom. The summed E-state index contributed by atoms with van der Waals surface area (Å²) in [5, 5.41) is 0. The van der Waals surface area contributed by atoms with Crippen LogP contribution in [0.15, 0.2) is 24.8 Å². The van der Waals surface area contributed by atoms with Crippen LogP contribution in [0.2, 0.25) is 0 Å². The minimum Gasteiger partial charge on any atom is -0.489 e. The highest BCUT2D eigenvalue weighted by atomic mass is 16.5. The summed E-state index contributed by atoms with van der Waals surface area (Å²) in [6.07, 6.45) is 1.76. The predicted molar refractivity (Wildman–Crippen MR) is 56.3 cm³/mol. The summed E-state index contributed by atoms with van der Waals surface area (Å²) in [5.74, 6) is 0.991. The largest absolute Gasteiger partial charge is 0.489 e. The summed E-state index contributed by atoms with van der Waals surface area (Å²) in [5.41, 5.74) is 3.67. The Morgan fingerprint density at radius 1 is 1.23 bits per heavy atom. The molecule has 0 unspecified atom stereocenters. The molecule has 13 heavy (non-hydrogen) atoms.